The summed E-state index contributed by atoms with van der Waals surface area (Å²) in [4.78, 5) is 73.1. The van der Waals surface area contributed by atoms with Gasteiger partial charge in [-0.15, -0.1) is 0 Å². The molecule has 7 atom stereocenters. The predicted octanol–water partition coefficient (Wildman–Crippen LogP) is 25.2. The molecular formula is C84H164O17P2. The van der Waals surface area contributed by atoms with Crippen molar-refractivity contribution in [2.45, 2.75) is 453 Å². The number of phosphoric acid groups is 2. The van der Waals surface area contributed by atoms with Gasteiger partial charge in [-0.2, -0.15) is 0 Å². The van der Waals surface area contributed by atoms with Crippen LogP contribution in [0.4, 0.5) is 0 Å². The second-order valence-electron chi connectivity index (χ2n) is 31.7. The summed E-state index contributed by atoms with van der Waals surface area (Å²) < 4.78 is 68.8. The van der Waals surface area contributed by atoms with Crippen molar-refractivity contribution in [2.75, 3.05) is 39.6 Å². The van der Waals surface area contributed by atoms with E-state index in [4.69, 9.17) is 37.0 Å². The van der Waals surface area contributed by atoms with E-state index in [-0.39, 0.29) is 25.7 Å². The Hall–Kier alpha value is -1.94. The first-order valence-corrected chi connectivity index (χ1v) is 46.3. The lowest BCUT2D eigenvalue weighted by Gasteiger charge is -2.21. The van der Waals surface area contributed by atoms with Crippen LogP contribution in [0, 0.1) is 23.7 Å². The summed E-state index contributed by atoms with van der Waals surface area (Å²) in [6.45, 7) is 14.3. The van der Waals surface area contributed by atoms with Crippen molar-refractivity contribution in [3.63, 3.8) is 0 Å². The first-order valence-electron chi connectivity index (χ1n) is 43.3. The maximum Gasteiger partial charge on any atom is 0.472 e. The molecule has 0 aromatic carbocycles. The molecule has 0 aliphatic heterocycles. The van der Waals surface area contributed by atoms with Crippen LogP contribution in [-0.4, -0.2) is 96.7 Å². The van der Waals surface area contributed by atoms with E-state index in [0.717, 1.165) is 114 Å². The van der Waals surface area contributed by atoms with E-state index in [2.05, 4.69) is 55.4 Å². The fourth-order valence-electron chi connectivity index (χ4n) is 12.9. The number of carbonyl (C=O) groups is 4. The van der Waals surface area contributed by atoms with Gasteiger partial charge in [0.1, 0.15) is 19.3 Å². The summed E-state index contributed by atoms with van der Waals surface area (Å²) in [5.41, 5.74) is 0. The van der Waals surface area contributed by atoms with Crippen molar-refractivity contribution < 1.29 is 80.2 Å². The number of rotatable bonds is 81. The summed E-state index contributed by atoms with van der Waals surface area (Å²) in [5, 5.41) is 10.7. The van der Waals surface area contributed by atoms with Crippen LogP contribution >= 0.6 is 15.6 Å². The number of esters is 4. The number of carbonyl (C=O) groups excluding carboxylic acids is 4. The van der Waals surface area contributed by atoms with Crippen LogP contribution in [0.25, 0.3) is 0 Å². The Bertz CT molecular complexity index is 2010. The third-order valence-corrected chi connectivity index (χ3v) is 22.2. The van der Waals surface area contributed by atoms with E-state index in [1.165, 1.54) is 231 Å². The highest BCUT2D eigenvalue weighted by Crippen LogP contribution is 2.45. The third kappa shape index (κ3) is 75.3. The van der Waals surface area contributed by atoms with E-state index in [0.29, 0.717) is 31.6 Å². The van der Waals surface area contributed by atoms with Gasteiger partial charge in [-0.05, 0) is 49.4 Å². The van der Waals surface area contributed by atoms with Crippen molar-refractivity contribution in [1.82, 2.24) is 0 Å². The molecule has 0 aliphatic rings. The van der Waals surface area contributed by atoms with Gasteiger partial charge in [-0.3, -0.25) is 37.3 Å². The highest BCUT2D eigenvalue weighted by molar-refractivity contribution is 7.47. The smallest absolute Gasteiger partial charge is 0.462 e. The fourth-order valence-corrected chi connectivity index (χ4v) is 14.5. The van der Waals surface area contributed by atoms with E-state index in [1.807, 2.05) is 0 Å². The molecule has 4 unspecified atom stereocenters. The SMILES string of the molecule is CCC(C)CCCCCCCCCCCCCCCCCCCCC(=O)OC[C@H](COP(=O)(O)OC[C@@H](O)COP(=O)(O)OC[C@@H](COC(=O)CCCCCCCCC(C)C)OC(=O)CCCCCCCCCCCCCC(C)C)OC(=O)CCCCCCCCCCCCCCCCC(C)CC. The monoisotopic (exact) mass is 1510 g/mol. The van der Waals surface area contributed by atoms with Crippen LogP contribution in [0.15, 0.2) is 0 Å². The van der Waals surface area contributed by atoms with Crippen LogP contribution in [0.5, 0.6) is 0 Å². The van der Waals surface area contributed by atoms with Crippen molar-refractivity contribution in [1.29, 1.82) is 0 Å². The number of ether oxygens (including phenoxy) is 4. The van der Waals surface area contributed by atoms with Crippen molar-refractivity contribution in [3.05, 3.63) is 0 Å². The van der Waals surface area contributed by atoms with Crippen molar-refractivity contribution in [2.24, 2.45) is 23.7 Å². The normalized spacial score (nSPS) is 14.5. The largest absolute Gasteiger partial charge is 0.472 e. The number of hydrogen-bond acceptors (Lipinski definition) is 15. The molecule has 0 saturated carbocycles. The molecule has 3 N–H and O–H groups in total. The number of phosphoric ester groups is 2. The Labute approximate surface area is 632 Å². The van der Waals surface area contributed by atoms with Crippen molar-refractivity contribution >= 4 is 39.5 Å². The minimum Gasteiger partial charge on any atom is -0.462 e. The molecule has 0 spiro atoms. The van der Waals surface area contributed by atoms with Gasteiger partial charge in [0.25, 0.3) is 0 Å². The minimum absolute atomic E-state index is 0.105. The van der Waals surface area contributed by atoms with E-state index < -0.39 is 97.5 Å². The second kappa shape index (κ2) is 72.9. The molecule has 0 fully saturated rings. The molecule has 612 valence electrons. The molecule has 0 aromatic rings. The predicted molar refractivity (Wildman–Crippen MR) is 423 cm³/mol. The molecule has 0 aromatic heterocycles. The quantitative estimate of drug-likeness (QED) is 0.0222. The number of hydrogen-bond donors (Lipinski definition) is 3. The lowest BCUT2D eigenvalue weighted by molar-refractivity contribution is -0.161. The second-order valence-corrected chi connectivity index (χ2v) is 34.6. The number of aliphatic hydroxyl groups is 1. The van der Waals surface area contributed by atoms with Gasteiger partial charge < -0.3 is 33.8 Å². The van der Waals surface area contributed by atoms with E-state index in [1.54, 1.807) is 0 Å². The summed E-state index contributed by atoms with van der Waals surface area (Å²) >= 11 is 0. The zero-order chi connectivity index (χ0) is 76.0. The number of unbranched alkanes of at least 4 members (excludes halogenated alkanes) is 45. The molecular weight excluding hydrogens is 1340 g/mol. The van der Waals surface area contributed by atoms with Gasteiger partial charge in [-0.1, -0.05) is 383 Å². The summed E-state index contributed by atoms with van der Waals surface area (Å²) in [7, 11) is -9.92. The molecule has 19 heteroatoms. The van der Waals surface area contributed by atoms with E-state index in [9.17, 15) is 43.2 Å². The van der Waals surface area contributed by atoms with Crippen LogP contribution < -0.4 is 0 Å². The average Bonchev–Trinajstić information content (AvgIpc) is 0.918. The van der Waals surface area contributed by atoms with Crippen LogP contribution in [0.3, 0.4) is 0 Å². The standard InChI is InChI=1S/C84H164O17P2/c1-9-76(7)62-54-46-37-31-25-19-15-13-11-12-14-16-21-27-33-39-48-56-64-81(86)94-70-79(100-83(88)66-58-50-40-34-28-22-18-17-20-26-32-38-47-55-63-77(8)10-2)72-98-102(90,91)96-68-78(85)69-97-103(92,93)99-73-80(71-95-82(87)65-57-49-43-42-45-53-61-75(5)6)101-84(89)67-59-51-41-35-29-23-24-30-36-44-52-60-74(3)4/h74-80,85H,9-73H2,1-8H3,(H,90,91)(H,92,93)/t76?,77?,78-,79-,80-/m1/s1. The van der Waals surface area contributed by atoms with Crippen molar-refractivity contribution in [3.8, 4) is 0 Å². The molecule has 0 heterocycles. The zero-order valence-corrected chi connectivity index (χ0v) is 69.7. The van der Waals surface area contributed by atoms with Gasteiger partial charge >= 0.3 is 39.5 Å². The molecule has 0 aliphatic carbocycles. The topological polar surface area (TPSA) is 237 Å². The highest BCUT2D eigenvalue weighted by atomic mass is 31.2. The molecule has 0 bridgehead atoms. The Morgan fingerprint density at radius 1 is 0.272 bits per heavy atom. The molecule has 0 radical (unpaired) electrons. The average molecular weight is 1510 g/mol. The van der Waals surface area contributed by atoms with E-state index >= 15 is 0 Å². The summed E-state index contributed by atoms with van der Waals surface area (Å²) in [6.07, 6.45) is 61.2. The van der Waals surface area contributed by atoms with Crippen LogP contribution in [0.2, 0.25) is 0 Å². The fraction of sp³-hybridized carbons (Fsp3) is 0.952. The third-order valence-electron chi connectivity index (χ3n) is 20.3. The lowest BCUT2D eigenvalue weighted by Crippen LogP contribution is -2.30. The van der Waals surface area contributed by atoms with Gasteiger partial charge in [0.05, 0.1) is 26.4 Å². The Kier molecular flexibility index (Phi) is 71.5. The number of aliphatic hydroxyl groups excluding tert-OH is 1. The Morgan fingerprint density at radius 2 is 0.466 bits per heavy atom. The van der Waals surface area contributed by atoms with Crippen LogP contribution in [-0.2, 0) is 65.4 Å². The maximum atomic E-state index is 13.1. The minimum atomic E-state index is -4.97. The lowest BCUT2D eigenvalue weighted by atomic mass is 9.99. The van der Waals surface area contributed by atoms with Gasteiger partial charge in [0.15, 0.2) is 12.2 Å². The maximum absolute atomic E-state index is 13.1. The summed E-state index contributed by atoms with van der Waals surface area (Å²) in [6, 6.07) is 0. The van der Waals surface area contributed by atoms with Crippen LogP contribution in [0.1, 0.15) is 434 Å². The van der Waals surface area contributed by atoms with Gasteiger partial charge in [-0.25, -0.2) is 9.13 Å². The van der Waals surface area contributed by atoms with Gasteiger partial charge in [0.2, 0.25) is 0 Å². The molecule has 17 nitrogen and oxygen atoms in total. The first-order chi connectivity index (χ1) is 49.7. The molecule has 0 amide bonds. The zero-order valence-electron chi connectivity index (χ0n) is 68.0. The van der Waals surface area contributed by atoms with Gasteiger partial charge in [0, 0.05) is 25.7 Å². The highest BCUT2D eigenvalue weighted by Gasteiger charge is 2.30. The molecule has 0 rings (SSSR count). The summed E-state index contributed by atoms with van der Waals surface area (Å²) in [5.74, 6) is 1.05. The molecule has 0 saturated heterocycles. The first kappa shape index (κ1) is 101. The molecule has 103 heavy (non-hydrogen) atoms. The Balaban J connectivity index is 5.20. The Morgan fingerprint density at radius 3 is 0.689 bits per heavy atom.